The molecule has 0 aliphatic heterocycles. The van der Waals surface area contributed by atoms with Crippen molar-refractivity contribution in [2.75, 3.05) is 11.9 Å². The molecule has 2 heterocycles. The quantitative estimate of drug-likeness (QED) is 0.839. The first-order chi connectivity index (χ1) is 11.9. The highest BCUT2D eigenvalue weighted by Crippen LogP contribution is 2.39. The maximum Gasteiger partial charge on any atom is 0.273 e. The molecule has 3 rings (SSSR count). The summed E-state index contributed by atoms with van der Waals surface area (Å²) in [5.41, 5.74) is 2.04. The third-order valence-corrected chi connectivity index (χ3v) is 3.99. The number of anilines is 2. The van der Waals surface area contributed by atoms with E-state index in [0.29, 0.717) is 29.7 Å². The molecule has 0 radical (unpaired) electrons. The Kier molecular flexibility index (Phi) is 4.92. The van der Waals surface area contributed by atoms with Crippen LogP contribution in [0.25, 0.3) is 0 Å². The predicted octanol–water partition coefficient (Wildman–Crippen LogP) is 3.05. The second kappa shape index (κ2) is 7.13. The van der Waals surface area contributed by atoms with E-state index in [1.165, 1.54) is 6.33 Å². The van der Waals surface area contributed by atoms with Crippen molar-refractivity contribution in [3.8, 4) is 0 Å². The second-order valence-corrected chi connectivity index (χ2v) is 7.59. The Hall–Kier alpha value is -2.57. The number of nitrogens with one attached hydrogen (secondary N) is 2. The molecule has 7 heteroatoms. The lowest BCUT2D eigenvalue weighted by Crippen LogP contribution is -2.29. The Morgan fingerprint density at radius 1 is 1.20 bits per heavy atom. The molecule has 0 spiro atoms. The smallest absolute Gasteiger partial charge is 0.273 e. The Labute approximate surface area is 147 Å². The van der Waals surface area contributed by atoms with Crippen LogP contribution in [0.3, 0.4) is 0 Å². The van der Waals surface area contributed by atoms with Crippen LogP contribution in [0.2, 0.25) is 0 Å². The minimum atomic E-state index is -0.210. The van der Waals surface area contributed by atoms with E-state index in [9.17, 15) is 4.79 Å². The third-order valence-electron chi connectivity index (χ3n) is 3.99. The highest BCUT2D eigenvalue weighted by molar-refractivity contribution is 5.97. The van der Waals surface area contributed by atoms with Crippen LogP contribution in [0.1, 0.15) is 62.1 Å². The van der Waals surface area contributed by atoms with Gasteiger partial charge in [-0.1, -0.05) is 20.8 Å². The fraction of sp³-hybridized carbons (Fsp3) is 0.500. The van der Waals surface area contributed by atoms with Gasteiger partial charge in [0.15, 0.2) is 11.5 Å². The lowest BCUT2D eigenvalue weighted by atomic mass is 9.92. The van der Waals surface area contributed by atoms with Gasteiger partial charge in [-0.2, -0.15) is 0 Å². The monoisotopic (exact) mass is 340 g/mol. The Bertz CT molecular complexity index is 737. The molecular formula is C18H24N6O. The molecule has 132 valence electrons. The van der Waals surface area contributed by atoms with E-state index in [4.69, 9.17) is 0 Å². The van der Waals surface area contributed by atoms with Gasteiger partial charge in [-0.05, 0) is 24.7 Å². The van der Waals surface area contributed by atoms with Crippen LogP contribution < -0.4 is 10.6 Å². The Morgan fingerprint density at radius 3 is 2.56 bits per heavy atom. The fourth-order valence-electron chi connectivity index (χ4n) is 2.36. The van der Waals surface area contributed by atoms with Gasteiger partial charge in [-0.25, -0.2) is 19.9 Å². The van der Waals surface area contributed by atoms with Crippen molar-refractivity contribution < 1.29 is 4.79 Å². The van der Waals surface area contributed by atoms with Gasteiger partial charge in [0, 0.05) is 12.5 Å². The van der Waals surface area contributed by atoms with E-state index in [0.717, 1.165) is 25.0 Å². The molecule has 1 aliphatic rings. The van der Waals surface area contributed by atoms with Gasteiger partial charge in [0.2, 0.25) is 0 Å². The molecule has 1 saturated carbocycles. The molecule has 1 fully saturated rings. The predicted molar refractivity (Wildman–Crippen MR) is 95.7 cm³/mol. The first-order valence-corrected chi connectivity index (χ1v) is 8.59. The van der Waals surface area contributed by atoms with E-state index >= 15 is 0 Å². The van der Waals surface area contributed by atoms with Crippen molar-refractivity contribution in [2.45, 2.75) is 46.0 Å². The van der Waals surface area contributed by atoms with Gasteiger partial charge in [0.1, 0.15) is 6.33 Å². The summed E-state index contributed by atoms with van der Waals surface area (Å²) in [6.45, 7) is 7.05. The largest absolute Gasteiger partial charge is 0.351 e. The molecule has 7 nitrogen and oxygen atoms in total. The van der Waals surface area contributed by atoms with Crippen molar-refractivity contribution in [3.63, 3.8) is 0 Å². The summed E-state index contributed by atoms with van der Waals surface area (Å²) in [7, 11) is 0. The standard InChI is InChI=1S/C18H24N6O/c1-18(2,3)6-7-21-17(25)15-16(23-13-8-19-11-20-9-13)22-10-14(24-15)12-4-5-12/h8-12H,4-7H2,1-3H3,(H,21,25)(H,22,23). The van der Waals surface area contributed by atoms with E-state index < -0.39 is 0 Å². The zero-order valence-corrected chi connectivity index (χ0v) is 14.9. The Balaban J connectivity index is 1.78. The average Bonchev–Trinajstić information content (AvgIpc) is 3.40. The summed E-state index contributed by atoms with van der Waals surface area (Å²) in [5.74, 6) is 0.647. The van der Waals surface area contributed by atoms with Gasteiger partial charge >= 0.3 is 0 Å². The molecule has 0 bridgehead atoms. The number of carbonyl (C=O) groups is 1. The van der Waals surface area contributed by atoms with Crippen LogP contribution in [0.5, 0.6) is 0 Å². The van der Waals surface area contributed by atoms with Crippen LogP contribution in [0.4, 0.5) is 11.5 Å². The summed E-state index contributed by atoms with van der Waals surface area (Å²) in [6, 6.07) is 0. The number of amides is 1. The lowest BCUT2D eigenvalue weighted by Gasteiger charge is -2.18. The minimum Gasteiger partial charge on any atom is -0.351 e. The molecule has 1 aliphatic carbocycles. The summed E-state index contributed by atoms with van der Waals surface area (Å²) in [4.78, 5) is 29.6. The van der Waals surface area contributed by atoms with E-state index in [2.05, 4.69) is 51.3 Å². The number of carbonyl (C=O) groups excluding carboxylic acids is 1. The number of nitrogens with zero attached hydrogens (tertiary/aromatic N) is 4. The number of hydrogen-bond donors (Lipinski definition) is 2. The van der Waals surface area contributed by atoms with Crippen molar-refractivity contribution in [1.82, 2.24) is 25.3 Å². The van der Waals surface area contributed by atoms with Crippen LogP contribution in [-0.4, -0.2) is 32.4 Å². The molecule has 2 aromatic rings. The van der Waals surface area contributed by atoms with Crippen molar-refractivity contribution >= 4 is 17.4 Å². The molecule has 0 saturated heterocycles. The van der Waals surface area contributed by atoms with E-state index in [1.54, 1.807) is 18.6 Å². The first kappa shape index (κ1) is 17.3. The number of aromatic nitrogens is 4. The minimum absolute atomic E-state index is 0.164. The highest BCUT2D eigenvalue weighted by atomic mass is 16.1. The van der Waals surface area contributed by atoms with Crippen LogP contribution in [0, 0.1) is 5.41 Å². The topological polar surface area (TPSA) is 92.7 Å². The average molecular weight is 340 g/mol. The van der Waals surface area contributed by atoms with Gasteiger partial charge in [0.05, 0.1) is 30.0 Å². The molecule has 1 amide bonds. The van der Waals surface area contributed by atoms with E-state index in [-0.39, 0.29) is 11.3 Å². The number of rotatable bonds is 6. The van der Waals surface area contributed by atoms with Gasteiger partial charge in [0.25, 0.3) is 5.91 Å². The second-order valence-electron chi connectivity index (χ2n) is 7.59. The summed E-state index contributed by atoms with van der Waals surface area (Å²) in [5, 5.41) is 6.04. The van der Waals surface area contributed by atoms with Crippen molar-refractivity contribution in [1.29, 1.82) is 0 Å². The lowest BCUT2D eigenvalue weighted by molar-refractivity contribution is 0.0945. The molecule has 25 heavy (non-hydrogen) atoms. The molecule has 0 aromatic carbocycles. The summed E-state index contributed by atoms with van der Waals surface area (Å²) in [6.07, 6.45) is 9.57. The molecule has 2 N–H and O–H groups in total. The SMILES string of the molecule is CC(C)(C)CCNC(=O)c1nc(C2CC2)cnc1Nc1cncnc1. The number of hydrogen-bond acceptors (Lipinski definition) is 6. The first-order valence-electron chi connectivity index (χ1n) is 8.59. The highest BCUT2D eigenvalue weighted by Gasteiger charge is 2.27. The summed E-state index contributed by atoms with van der Waals surface area (Å²) >= 11 is 0. The zero-order valence-electron chi connectivity index (χ0n) is 14.9. The van der Waals surface area contributed by atoms with Crippen LogP contribution in [0.15, 0.2) is 24.9 Å². The van der Waals surface area contributed by atoms with Crippen molar-refractivity contribution in [3.05, 3.63) is 36.3 Å². The molecule has 0 unspecified atom stereocenters. The van der Waals surface area contributed by atoms with E-state index in [1.807, 2.05) is 0 Å². The Morgan fingerprint density at radius 2 is 1.92 bits per heavy atom. The normalized spacial score (nSPS) is 14.2. The van der Waals surface area contributed by atoms with Crippen LogP contribution >= 0.6 is 0 Å². The summed E-state index contributed by atoms with van der Waals surface area (Å²) < 4.78 is 0. The van der Waals surface area contributed by atoms with Gasteiger partial charge in [-0.15, -0.1) is 0 Å². The van der Waals surface area contributed by atoms with Crippen molar-refractivity contribution in [2.24, 2.45) is 5.41 Å². The maximum absolute atomic E-state index is 12.7. The zero-order chi connectivity index (χ0) is 17.9. The van der Waals surface area contributed by atoms with Crippen LogP contribution in [-0.2, 0) is 0 Å². The maximum atomic E-state index is 12.7. The van der Waals surface area contributed by atoms with Gasteiger partial charge < -0.3 is 10.6 Å². The third kappa shape index (κ3) is 4.95. The van der Waals surface area contributed by atoms with Gasteiger partial charge in [-0.3, -0.25) is 4.79 Å². The molecule has 2 aromatic heterocycles. The molecule has 0 atom stereocenters. The molecular weight excluding hydrogens is 316 g/mol. The fourth-order valence-corrected chi connectivity index (χ4v) is 2.36.